The van der Waals surface area contributed by atoms with Gasteiger partial charge in [-0.2, -0.15) is 0 Å². The van der Waals surface area contributed by atoms with Gasteiger partial charge in [-0.15, -0.1) is 0 Å². The van der Waals surface area contributed by atoms with Crippen molar-refractivity contribution >= 4 is 13.8 Å². The van der Waals surface area contributed by atoms with Crippen molar-refractivity contribution in [1.82, 2.24) is 0 Å². The fraction of sp³-hybridized carbons (Fsp3) is 0.700. The summed E-state index contributed by atoms with van der Waals surface area (Å²) < 4.78 is 20.2. The summed E-state index contributed by atoms with van der Waals surface area (Å²) in [6.45, 7) is 6.10. The standard InChI is InChI=1S/C10H20NO6P/c1-9(2)10(12)16-7-5-11(3,4)6-8-17-18(13,14)15/h1,5-8H2,2-4H3,(H-,13,14,15)/p+1. The zero-order chi connectivity index (χ0) is 14.4. The number of phosphoric ester groups is 1. The topological polar surface area (TPSA) is 93.1 Å². The Morgan fingerprint density at radius 1 is 1.28 bits per heavy atom. The number of carbonyl (C=O) groups excluding carboxylic acids is 1. The minimum atomic E-state index is -4.41. The SMILES string of the molecule is C=C(C)C(=O)OCC[N+](C)(C)CCOP(=O)(O)O. The van der Waals surface area contributed by atoms with Crippen LogP contribution < -0.4 is 0 Å². The second kappa shape index (κ2) is 7.01. The number of quaternary nitrogens is 1. The molecular formula is C10H21NO6P+. The van der Waals surface area contributed by atoms with Gasteiger partial charge in [0.25, 0.3) is 0 Å². The van der Waals surface area contributed by atoms with Crippen LogP contribution in [0.3, 0.4) is 0 Å². The molecule has 0 aliphatic rings. The van der Waals surface area contributed by atoms with Gasteiger partial charge in [0.05, 0.1) is 14.1 Å². The molecule has 0 amide bonds. The molecule has 0 heterocycles. The summed E-state index contributed by atoms with van der Waals surface area (Å²) in [7, 11) is -0.724. The fourth-order valence-corrected chi connectivity index (χ4v) is 1.35. The van der Waals surface area contributed by atoms with E-state index >= 15 is 0 Å². The molecule has 0 aromatic carbocycles. The van der Waals surface area contributed by atoms with Gasteiger partial charge in [0.2, 0.25) is 0 Å². The van der Waals surface area contributed by atoms with Gasteiger partial charge in [0.15, 0.2) is 0 Å². The largest absolute Gasteiger partial charge is 0.469 e. The molecule has 0 atom stereocenters. The molecule has 0 radical (unpaired) electrons. The lowest BCUT2D eigenvalue weighted by molar-refractivity contribution is -0.890. The number of rotatable bonds is 8. The van der Waals surface area contributed by atoms with Crippen molar-refractivity contribution in [3.63, 3.8) is 0 Å². The lowest BCUT2D eigenvalue weighted by Gasteiger charge is -2.29. The number of nitrogens with zero attached hydrogens (tertiary/aromatic N) is 1. The van der Waals surface area contributed by atoms with Gasteiger partial charge in [0.1, 0.15) is 26.3 Å². The monoisotopic (exact) mass is 282 g/mol. The molecule has 7 nitrogen and oxygen atoms in total. The Hall–Kier alpha value is -0.720. The molecule has 18 heavy (non-hydrogen) atoms. The summed E-state index contributed by atoms with van der Waals surface area (Å²) in [6, 6.07) is 0. The molecule has 0 aromatic heterocycles. The maximum Gasteiger partial charge on any atom is 0.469 e. The zero-order valence-corrected chi connectivity index (χ0v) is 11.9. The van der Waals surface area contributed by atoms with Crippen LogP contribution in [0.5, 0.6) is 0 Å². The summed E-state index contributed by atoms with van der Waals surface area (Å²) in [4.78, 5) is 28.2. The molecule has 0 saturated heterocycles. The molecule has 0 saturated carbocycles. The summed E-state index contributed by atoms with van der Waals surface area (Å²) in [5.41, 5.74) is 0.338. The lowest BCUT2D eigenvalue weighted by atomic mass is 10.4. The molecule has 0 bridgehead atoms. The average molecular weight is 282 g/mol. The second-order valence-corrected chi connectivity index (χ2v) is 5.86. The zero-order valence-electron chi connectivity index (χ0n) is 11.0. The third-order valence-corrected chi connectivity index (χ3v) is 2.75. The van der Waals surface area contributed by atoms with E-state index in [1.165, 1.54) is 0 Å². The van der Waals surface area contributed by atoms with Crippen LogP contribution in [0.1, 0.15) is 6.92 Å². The summed E-state index contributed by atoms with van der Waals surface area (Å²) in [5.74, 6) is -0.443. The molecule has 2 N–H and O–H groups in total. The highest BCUT2D eigenvalue weighted by atomic mass is 31.2. The Bertz CT molecular complexity index is 348. The van der Waals surface area contributed by atoms with E-state index in [9.17, 15) is 9.36 Å². The first-order valence-corrected chi connectivity index (χ1v) is 6.91. The molecule has 0 unspecified atom stereocenters. The van der Waals surface area contributed by atoms with Crippen molar-refractivity contribution < 1.29 is 32.9 Å². The highest BCUT2D eigenvalue weighted by molar-refractivity contribution is 7.46. The molecule has 106 valence electrons. The Morgan fingerprint density at radius 2 is 1.78 bits per heavy atom. The van der Waals surface area contributed by atoms with E-state index < -0.39 is 13.8 Å². The van der Waals surface area contributed by atoms with Crippen LogP contribution in [0.4, 0.5) is 0 Å². The highest BCUT2D eigenvalue weighted by Gasteiger charge is 2.20. The maximum atomic E-state index is 11.1. The number of likely N-dealkylation sites (N-methyl/N-ethyl adjacent to an activating group) is 1. The second-order valence-electron chi connectivity index (χ2n) is 4.62. The van der Waals surface area contributed by atoms with E-state index in [0.717, 1.165) is 0 Å². The number of ether oxygens (including phenoxy) is 1. The molecular weight excluding hydrogens is 261 g/mol. The quantitative estimate of drug-likeness (QED) is 0.288. The minimum Gasteiger partial charge on any atom is -0.456 e. The van der Waals surface area contributed by atoms with Crippen molar-refractivity contribution in [2.75, 3.05) is 40.4 Å². The predicted octanol–water partition coefficient (Wildman–Crippen LogP) is 0.291. The van der Waals surface area contributed by atoms with Crippen molar-refractivity contribution in [3.05, 3.63) is 12.2 Å². The van der Waals surface area contributed by atoms with Gasteiger partial charge >= 0.3 is 13.8 Å². The molecule has 0 aliphatic heterocycles. The summed E-state index contributed by atoms with van der Waals surface area (Å²) in [6.07, 6.45) is 0. The third-order valence-electron chi connectivity index (χ3n) is 2.23. The van der Waals surface area contributed by atoms with Gasteiger partial charge < -0.3 is 19.0 Å². The van der Waals surface area contributed by atoms with Gasteiger partial charge in [-0.3, -0.25) is 4.52 Å². The van der Waals surface area contributed by atoms with E-state index in [2.05, 4.69) is 11.1 Å². The van der Waals surface area contributed by atoms with E-state index in [1.807, 2.05) is 14.1 Å². The normalized spacial score (nSPS) is 12.3. The van der Waals surface area contributed by atoms with E-state index in [0.29, 0.717) is 23.1 Å². The first-order chi connectivity index (χ1) is 8.03. The van der Waals surface area contributed by atoms with Crippen molar-refractivity contribution in [1.29, 1.82) is 0 Å². The van der Waals surface area contributed by atoms with Crippen LogP contribution >= 0.6 is 7.82 Å². The van der Waals surface area contributed by atoms with Gasteiger partial charge in [0, 0.05) is 5.57 Å². The van der Waals surface area contributed by atoms with Crippen molar-refractivity contribution in [2.45, 2.75) is 6.92 Å². The molecule has 8 heteroatoms. The van der Waals surface area contributed by atoms with E-state index in [4.69, 9.17) is 14.5 Å². The molecule has 0 spiro atoms. The van der Waals surface area contributed by atoms with Crippen LogP contribution in [0.25, 0.3) is 0 Å². The molecule has 0 fully saturated rings. The number of hydrogen-bond acceptors (Lipinski definition) is 4. The number of carbonyl (C=O) groups is 1. The summed E-state index contributed by atoms with van der Waals surface area (Å²) in [5, 5.41) is 0. The Kier molecular flexibility index (Phi) is 6.73. The van der Waals surface area contributed by atoms with Crippen LogP contribution in [-0.4, -0.2) is 60.6 Å². The Balaban J connectivity index is 3.90. The Labute approximate surface area is 107 Å². The van der Waals surface area contributed by atoms with Gasteiger partial charge in [-0.1, -0.05) is 6.58 Å². The molecule has 0 rings (SSSR count). The molecule has 0 aromatic rings. The van der Waals surface area contributed by atoms with Gasteiger partial charge in [-0.05, 0) is 6.92 Å². The van der Waals surface area contributed by atoms with Crippen LogP contribution in [-0.2, 0) is 18.6 Å². The van der Waals surface area contributed by atoms with Gasteiger partial charge in [-0.25, -0.2) is 9.36 Å². The number of phosphoric acid groups is 1. The molecule has 0 aliphatic carbocycles. The Morgan fingerprint density at radius 3 is 2.22 bits per heavy atom. The third kappa shape index (κ3) is 9.32. The smallest absolute Gasteiger partial charge is 0.456 e. The lowest BCUT2D eigenvalue weighted by Crippen LogP contribution is -2.44. The first-order valence-electron chi connectivity index (χ1n) is 5.38. The van der Waals surface area contributed by atoms with E-state index in [1.54, 1.807) is 6.92 Å². The number of hydrogen-bond donors (Lipinski definition) is 2. The summed E-state index contributed by atoms with van der Waals surface area (Å²) >= 11 is 0. The highest BCUT2D eigenvalue weighted by Crippen LogP contribution is 2.35. The fourth-order valence-electron chi connectivity index (χ4n) is 1.03. The predicted molar refractivity (Wildman–Crippen MR) is 65.6 cm³/mol. The van der Waals surface area contributed by atoms with Crippen LogP contribution in [0, 0.1) is 0 Å². The van der Waals surface area contributed by atoms with Crippen LogP contribution in [0.2, 0.25) is 0 Å². The minimum absolute atomic E-state index is 0.0638. The maximum absolute atomic E-state index is 11.1. The first kappa shape index (κ1) is 17.3. The van der Waals surface area contributed by atoms with Crippen LogP contribution in [0.15, 0.2) is 12.2 Å². The van der Waals surface area contributed by atoms with Crippen molar-refractivity contribution in [3.8, 4) is 0 Å². The number of esters is 1. The average Bonchev–Trinajstić information content (AvgIpc) is 2.14. The van der Waals surface area contributed by atoms with Crippen molar-refractivity contribution in [2.24, 2.45) is 0 Å². The van der Waals surface area contributed by atoms with E-state index in [-0.39, 0.29) is 13.2 Å².